The predicted molar refractivity (Wildman–Crippen MR) is 208 cm³/mol. The van der Waals surface area contributed by atoms with Crippen LogP contribution >= 0.6 is 11.6 Å². The molecule has 0 radical (unpaired) electrons. The molecule has 3 aromatic carbocycles. The summed E-state index contributed by atoms with van der Waals surface area (Å²) in [5.41, 5.74) is 4.07. The number of Topliss-reactive ketones (excluding diaryl/α,β-unsaturated/α-hetero) is 1. The van der Waals surface area contributed by atoms with Crippen LogP contribution in [0.2, 0.25) is 5.02 Å². The number of nitrogens with zero attached hydrogens (tertiary/aromatic N) is 4. The van der Waals surface area contributed by atoms with Crippen molar-refractivity contribution in [3.8, 4) is 17.2 Å². The van der Waals surface area contributed by atoms with Crippen LogP contribution in [0.1, 0.15) is 51.4 Å². The van der Waals surface area contributed by atoms with Gasteiger partial charge in [0.15, 0.2) is 11.5 Å². The number of pyridine rings is 2. The number of hydrogen-bond donors (Lipinski definition) is 0. The maximum absolute atomic E-state index is 15.0. The van der Waals surface area contributed by atoms with Gasteiger partial charge in [0, 0.05) is 61.9 Å². The highest BCUT2D eigenvalue weighted by molar-refractivity contribution is 6.43. The first-order valence-corrected chi connectivity index (χ1v) is 18.1. The number of carbonyl (C=O) groups is 3. The lowest BCUT2D eigenvalue weighted by molar-refractivity contribution is -0.143. The van der Waals surface area contributed by atoms with E-state index in [1.165, 1.54) is 51.0 Å². The summed E-state index contributed by atoms with van der Waals surface area (Å²) >= 11 is 6.21. The highest BCUT2D eigenvalue weighted by atomic mass is 35.5. The Bertz CT molecular complexity index is 1960. The minimum atomic E-state index is -1.02. The third-order valence-electron chi connectivity index (χ3n) is 9.52. The Labute approximate surface area is 321 Å². The summed E-state index contributed by atoms with van der Waals surface area (Å²) in [5, 5.41) is 0.545. The second-order valence-electron chi connectivity index (χ2n) is 12.9. The lowest BCUT2D eigenvalue weighted by Gasteiger charge is -2.33. The topological polar surface area (TPSA) is 111 Å². The number of aromatic nitrogens is 2. The first-order chi connectivity index (χ1) is 26.2. The van der Waals surface area contributed by atoms with Crippen LogP contribution in [-0.4, -0.2) is 78.3 Å². The van der Waals surface area contributed by atoms with E-state index in [0.717, 1.165) is 29.5 Å². The van der Waals surface area contributed by atoms with Crippen molar-refractivity contribution in [2.45, 2.75) is 44.2 Å². The molecular weight excluding hydrogens is 704 g/mol. The number of methoxy groups -OCH3 is 3. The maximum atomic E-state index is 15.0. The summed E-state index contributed by atoms with van der Waals surface area (Å²) < 4.78 is 16.3. The molecule has 2 atom stereocenters. The van der Waals surface area contributed by atoms with Gasteiger partial charge in [0.25, 0.3) is 11.7 Å². The van der Waals surface area contributed by atoms with Crippen molar-refractivity contribution in [3.63, 3.8) is 0 Å². The number of halogens is 1. The van der Waals surface area contributed by atoms with Crippen molar-refractivity contribution in [1.29, 1.82) is 0 Å². The fraction of sp³-hybridized carbons (Fsp3) is 0.279. The monoisotopic (exact) mass is 748 g/mol. The predicted octanol–water partition coefficient (Wildman–Crippen LogP) is 7.24. The Morgan fingerprint density at radius 2 is 1.33 bits per heavy atom. The third kappa shape index (κ3) is 10.2. The number of ketones is 1. The van der Waals surface area contributed by atoms with Gasteiger partial charge < -0.3 is 24.0 Å². The SMILES string of the molecule is COc1cc(C(=O)C(=O)N(C)C(Cc2ccc(Cl)cc2)C(=O)N(CCC(CCc2ccncc2)c2ccncc2)Cc2ccccc2)cc(OC)c1OC. The van der Waals surface area contributed by atoms with Crippen LogP contribution in [0, 0.1) is 0 Å². The van der Waals surface area contributed by atoms with Gasteiger partial charge in [-0.1, -0.05) is 54.1 Å². The van der Waals surface area contributed by atoms with Crippen molar-refractivity contribution >= 4 is 29.2 Å². The summed E-state index contributed by atoms with van der Waals surface area (Å²) in [6.07, 6.45) is 9.65. The van der Waals surface area contributed by atoms with Crippen LogP contribution in [0.25, 0.3) is 0 Å². The van der Waals surface area contributed by atoms with Gasteiger partial charge in [-0.2, -0.15) is 0 Å². The largest absolute Gasteiger partial charge is 0.493 e. The molecule has 0 saturated carbocycles. The Hall–Kier alpha value is -5.74. The van der Waals surface area contributed by atoms with Crippen LogP contribution < -0.4 is 14.2 Å². The molecule has 0 aliphatic rings. The minimum Gasteiger partial charge on any atom is -0.493 e. The number of hydrogen-bond acceptors (Lipinski definition) is 8. The molecule has 2 amide bonds. The second kappa shape index (κ2) is 19.4. The summed E-state index contributed by atoms with van der Waals surface area (Å²) in [4.78, 5) is 54.3. The molecule has 10 nitrogen and oxygen atoms in total. The van der Waals surface area contributed by atoms with E-state index >= 15 is 0 Å². The zero-order valence-electron chi connectivity index (χ0n) is 31.0. The number of amides is 2. The molecule has 54 heavy (non-hydrogen) atoms. The number of aryl methyl sites for hydroxylation is 1. The molecule has 0 spiro atoms. The average Bonchev–Trinajstić information content (AvgIpc) is 3.22. The van der Waals surface area contributed by atoms with E-state index < -0.39 is 17.7 Å². The van der Waals surface area contributed by atoms with Gasteiger partial charge in [-0.25, -0.2) is 0 Å². The van der Waals surface area contributed by atoms with Gasteiger partial charge in [-0.3, -0.25) is 24.4 Å². The molecule has 0 aliphatic heterocycles. The minimum absolute atomic E-state index is 0.0366. The van der Waals surface area contributed by atoms with Gasteiger partial charge in [-0.05, 0) is 96.0 Å². The molecule has 0 N–H and O–H groups in total. The highest BCUT2D eigenvalue weighted by Crippen LogP contribution is 2.38. The normalized spacial score (nSPS) is 11.9. The fourth-order valence-electron chi connectivity index (χ4n) is 6.47. The van der Waals surface area contributed by atoms with E-state index in [9.17, 15) is 14.4 Å². The zero-order valence-corrected chi connectivity index (χ0v) is 31.7. The lowest BCUT2D eigenvalue weighted by Crippen LogP contribution is -2.52. The fourth-order valence-corrected chi connectivity index (χ4v) is 6.59. The van der Waals surface area contributed by atoms with E-state index in [0.29, 0.717) is 24.5 Å². The molecule has 2 unspecified atom stereocenters. The summed E-state index contributed by atoms with van der Waals surface area (Å²) in [6.45, 7) is 0.712. The molecule has 2 heterocycles. The van der Waals surface area contributed by atoms with Crippen LogP contribution in [0.15, 0.2) is 116 Å². The smallest absolute Gasteiger partial charge is 0.295 e. The molecule has 5 rings (SSSR count). The number of likely N-dealkylation sites (N-methyl/N-ethyl adjacent to an activating group) is 1. The Morgan fingerprint density at radius 1 is 0.722 bits per heavy atom. The van der Waals surface area contributed by atoms with Crippen molar-refractivity contribution in [3.05, 3.63) is 149 Å². The van der Waals surface area contributed by atoms with Gasteiger partial charge in [0.1, 0.15) is 6.04 Å². The van der Waals surface area contributed by atoms with Gasteiger partial charge >= 0.3 is 0 Å². The summed E-state index contributed by atoms with van der Waals surface area (Å²) in [7, 11) is 5.81. The third-order valence-corrected chi connectivity index (χ3v) is 9.77. The highest BCUT2D eigenvalue weighted by Gasteiger charge is 2.35. The van der Waals surface area contributed by atoms with Gasteiger partial charge in [-0.15, -0.1) is 0 Å². The summed E-state index contributed by atoms with van der Waals surface area (Å²) in [6, 6.07) is 26.8. The van der Waals surface area contributed by atoms with Gasteiger partial charge in [0.2, 0.25) is 11.7 Å². The molecule has 5 aromatic rings. The first kappa shape index (κ1) is 39.5. The second-order valence-corrected chi connectivity index (χ2v) is 13.3. The molecule has 11 heteroatoms. The molecule has 280 valence electrons. The Morgan fingerprint density at radius 3 is 1.93 bits per heavy atom. The van der Waals surface area contributed by atoms with E-state index in [-0.39, 0.29) is 41.1 Å². The number of benzene rings is 3. The Kier molecular flexibility index (Phi) is 14.2. The van der Waals surface area contributed by atoms with Crippen LogP contribution in [0.3, 0.4) is 0 Å². The number of carbonyl (C=O) groups excluding carboxylic acids is 3. The van der Waals surface area contributed by atoms with Crippen molar-refractivity contribution in [2.24, 2.45) is 0 Å². The van der Waals surface area contributed by atoms with Crippen molar-refractivity contribution in [2.75, 3.05) is 34.9 Å². The van der Waals surface area contributed by atoms with E-state index in [4.69, 9.17) is 25.8 Å². The van der Waals surface area contributed by atoms with E-state index in [1.807, 2.05) is 66.7 Å². The molecule has 0 aliphatic carbocycles. The lowest BCUT2D eigenvalue weighted by atomic mass is 9.90. The van der Waals surface area contributed by atoms with Crippen molar-refractivity contribution < 1.29 is 28.6 Å². The molecule has 0 bridgehead atoms. The number of rotatable bonds is 18. The standard InChI is InChI=1S/C43H45ClN4O6/c1-47(43(51)40(49)35-27-38(52-2)41(54-4)39(28-35)53-3)37(26-31-11-14-36(44)15-12-31)42(50)48(29-32-8-6-5-7-9-32)25-20-33(34-18-23-46-24-19-34)13-10-30-16-21-45-22-17-30/h5-9,11-12,14-19,21-24,27-28,33,37H,10,13,20,25-26,29H2,1-4H3. The van der Waals surface area contributed by atoms with Gasteiger partial charge in [0.05, 0.1) is 21.3 Å². The molecule has 0 fully saturated rings. The molecule has 2 aromatic heterocycles. The zero-order chi connectivity index (χ0) is 38.5. The maximum Gasteiger partial charge on any atom is 0.295 e. The first-order valence-electron chi connectivity index (χ1n) is 17.7. The van der Waals surface area contributed by atoms with Crippen LogP contribution in [0.5, 0.6) is 17.2 Å². The summed E-state index contributed by atoms with van der Waals surface area (Å²) in [5.74, 6) is -1.11. The van der Waals surface area contributed by atoms with Crippen molar-refractivity contribution in [1.82, 2.24) is 19.8 Å². The number of ether oxygens (including phenoxy) is 3. The van der Waals surface area contributed by atoms with Crippen LogP contribution in [0.4, 0.5) is 0 Å². The quantitative estimate of drug-likeness (QED) is 0.0682. The van der Waals surface area contributed by atoms with E-state index in [1.54, 1.807) is 41.8 Å². The Balaban J connectivity index is 1.47. The average molecular weight is 749 g/mol. The molecule has 0 saturated heterocycles. The molecular formula is C43H45ClN4O6. The van der Waals surface area contributed by atoms with Crippen LogP contribution in [-0.2, 0) is 29.0 Å². The van der Waals surface area contributed by atoms with E-state index in [2.05, 4.69) is 9.97 Å².